The molecule has 1 amide bonds. The van der Waals surface area contributed by atoms with Crippen LogP contribution in [0.25, 0.3) is 0 Å². The van der Waals surface area contributed by atoms with Gasteiger partial charge in [-0.1, -0.05) is 0 Å². The van der Waals surface area contributed by atoms with Gasteiger partial charge < -0.3 is 19.7 Å². The fourth-order valence-corrected chi connectivity index (χ4v) is 2.92. The Morgan fingerprint density at radius 1 is 1.29 bits per heavy atom. The zero-order valence-corrected chi connectivity index (χ0v) is 13.0. The number of nitrogens with one attached hydrogen (secondary N) is 1. The lowest BCUT2D eigenvalue weighted by molar-refractivity contribution is -0.116. The summed E-state index contributed by atoms with van der Waals surface area (Å²) < 4.78 is 36.6. The van der Waals surface area contributed by atoms with E-state index in [1.54, 1.807) is 0 Å². The molecule has 8 heteroatoms. The monoisotopic (exact) mass is 340 g/mol. The Balaban J connectivity index is 1.44. The number of nitrogens with zero attached hydrogens (tertiary/aromatic N) is 1. The largest absolute Gasteiger partial charge is 0.509 e. The van der Waals surface area contributed by atoms with Gasteiger partial charge in [-0.25, -0.2) is 13.6 Å². The van der Waals surface area contributed by atoms with Gasteiger partial charge in [0, 0.05) is 45.0 Å². The molecule has 24 heavy (non-hydrogen) atoms. The van der Waals surface area contributed by atoms with Crippen LogP contribution in [0.15, 0.2) is 18.2 Å². The summed E-state index contributed by atoms with van der Waals surface area (Å²) in [5.41, 5.74) is -0.687. The average molecular weight is 340 g/mol. The highest BCUT2D eigenvalue weighted by Crippen LogP contribution is 2.31. The molecular formula is C16H18F2N2O4. The van der Waals surface area contributed by atoms with Gasteiger partial charge in [0.15, 0.2) is 5.60 Å². The molecule has 2 heterocycles. The molecule has 0 unspecified atom stereocenters. The van der Waals surface area contributed by atoms with E-state index in [4.69, 9.17) is 9.47 Å². The molecule has 0 saturated carbocycles. The van der Waals surface area contributed by atoms with Crippen molar-refractivity contribution in [2.45, 2.75) is 24.9 Å². The quantitative estimate of drug-likeness (QED) is 0.852. The standard InChI is InChI=1S/C16H18F2N2O4/c17-11-1-2-12(18)13(9-11)19-14(21)3-6-20-7-4-16(5-8-20)10-23-15(22)24-16/h1-2,9H,3-8,10H2,(H,19,21). The summed E-state index contributed by atoms with van der Waals surface area (Å²) in [5, 5.41) is 2.38. The lowest BCUT2D eigenvalue weighted by atomic mass is 9.92. The molecule has 2 aliphatic heterocycles. The van der Waals surface area contributed by atoms with Crippen LogP contribution in [-0.4, -0.2) is 48.8 Å². The van der Waals surface area contributed by atoms with Gasteiger partial charge in [0.1, 0.15) is 18.2 Å². The third kappa shape index (κ3) is 3.81. The van der Waals surface area contributed by atoms with Crippen LogP contribution in [0, 0.1) is 11.6 Å². The van der Waals surface area contributed by atoms with E-state index in [-0.39, 0.29) is 24.6 Å². The molecule has 2 saturated heterocycles. The Kier molecular flexibility index (Phi) is 4.66. The van der Waals surface area contributed by atoms with E-state index in [0.717, 1.165) is 18.2 Å². The van der Waals surface area contributed by atoms with Crippen molar-refractivity contribution in [3.05, 3.63) is 29.8 Å². The Labute approximate surface area is 137 Å². The first-order valence-corrected chi connectivity index (χ1v) is 7.79. The number of cyclic esters (lactones) is 1. The van der Waals surface area contributed by atoms with Gasteiger partial charge in [-0.2, -0.15) is 0 Å². The predicted octanol–water partition coefficient (Wildman–Crippen LogP) is 2.29. The molecule has 1 N–H and O–H groups in total. The van der Waals surface area contributed by atoms with Crippen LogP contribution in [0.3, 0.4) is 0 Å². The number of carbonyl (C=O) groups excluding carboxylic acids is 2. The molecule has 6 nitrogen and oxygen atoms in total. The van der Waals surface area contributed by atoms with Crippen molar-refractivity contribution in [2.75, 3.05) is 31.6 Å². The van der Waals surface area contributed by atoms with Gasteiger partial charge in [0.25, 0.3) is 0 Å². The van der Waals surface area contributed by atoms with Crippen LogP contribution >= 0.6 is 0 Å². The molecule has 3 rings (SSSR count). The Morgan fingerprint density at radius 2 is 2.04 bits per heavy atom. The maximum absolute atomic E-state index is 13.5. The summed E-state index contributed by atoms with van der Waals surface area (Å²) in [7, 11) is 0. The molecule has 0 aromatic heterocycles. The van der Waals surface area contributed by atoms with E-state index in [1.807, 2.05) is 0 Å². The van der Waals surface area contributed by atoms with Gasteiger partial charge in [0.05, 0.1) is 5.69 Å². The number of benzene rings is 1. The van der Waals surface area contributed by atoms with Gasteiger partial charge in [-0.3, -0.25) is 4.79 Å². The maximum atomic E-state index is 13.5. The maximum Gasteiger partial charge on any atom is 0.509 e. The molecule has 0 atom stereocenters. The summed E-state index contributed by atoms with van der Waals surface area (Å²) in [6.45, 7) is 2.13. The summed E-state index contributed by atoms with van der Waals surface area (Å²) in [5.74, 6) is -1.66. The molecule has 0 radical (unpaired) electrons. The van der Waals surface area contributed by atoms with Crippen LogP contribution in [0.1, 0.15) is 19.3 Å². The second-order valence-corrected chi connectivity index (χ2v) is 6.09. The first-order valence-electron chi connectivity index (χ1n) is 7.79. The van der Waals surface area contributed by atoms with Gasteiger partial charge in [0.2, 0.25) is 5.91 Å². The van der Waals surface area contributed by atoms with Crippen LogP contribution in [0.4, 0.5) is 19.3 Å². The first-order chi connectivity index (χ1) is 11.5. The lowest BCUT2D eigenvalue weighted by Gasteiger charge is -2.36. The van der Waals surface area contributed by atoms with Crippen molar-refractivity contribution in [2.24, 2.45) is 0 Å². The first kappa shape index (κ1) is 16.6. The van der Waals surface area contributed by atoms with E-state index in [0.29, 0.717) is 32.5 Å². The predicted molar refractivity (Wildman–Crippen MR) is 80.4 cm³/mol. The van der Waals surface area contributed by atoms with Gasteiger partial charge in [-0.15, -0.1) is 0 Å². The van der Waals surface area contributed by atoms with E-state index in [9.17, 15) is 18.4 Å². The normalized spacial score (nSPS) is 19.8. The molecule has 1 aromatic rings. The number of anilines is 1. The number of amides is 1. The highest BCUT2D eigenvalue weighted by Gasteiger charge is 2.44. The fourth-order valence-electron chi connectivity index (χ4n) is 2.92. The number of piperidine rings is 1. The number of rotatable bonds is 4. The molecule has 2 aliphatic rings. The van der Waals surface area contributed by atoms with Crippen molar-refractivity contribution in [3.63, 3.8) is 0 Å². The molecule has 1 spiro atoms. The van der Waals surface area contributed by atoms with Gasteiger partial charge >= 0.3 is 6.16 Å². The second kappa shape index (κ2) is 6.72. The van der Waals surface area contributed by atoms with Crippen molar-refractivity contribution in [1.82, 2.24) is 4.90 Å². The number of hydrogen-bond donors (Lipinski definition) is 1. The summed E-state index contributed by atoms with van der Waals surface area (Å²) in [4.78, 5) is 25.0. The van der Waals surface area contributed by atoms with Crippen LogP contribution in [0.2, 0.25) is 0 Å². The Bertz CT molecular complexity index is 645. The number of likely N-dealkylation sites (tertiary alicyclic amines) is 1. The smallest absolute Gasteiger partial charge is 0.430 e. The third-order valence-corrected chi connectivity index (χ3v) is 4.38. The minimum Gasteiger partial charge on any atom is -0.430 e. The molecular weight excluding hydrogens is 322 g/mol. The van der Waals surface area contributed by atoms with E-state index in [1.165, 1.54) is 0 Å². The summed E-state index contributed by atoms with van der Waals surface area (Å²) in [6.07, 6.45) is 0.844. The van der Waals surface area contributed by atoms with E-state index in [2.05, 4.69) is 10.2 Å². The van der Waals surface area contributed by atoms with Crippen LogP contribution < -0.4 is 5.32 Å². The zero-order chi connectivity index (χ0) is 17.2. The fraction of sp³-hybridized carbons (Fsp3) is 0.500. The van der Waals surface area contributed by atoms with E-state index >= 15 is 0 Å². The zero-order valence-electron chi connectivity index (χ0n) is 13.0. The molecule has 1 aromatic carbocycles. The second-order valence-electron chi connectivity index (χ2n) is 6.09. The topological polar surface area (TPSA) is 67.9 Å². The minimum atomic E-state index is -0.673. The molecule has 0 bridgehead atoms. The Morgan fingerprint density at radius 3 is 2.71 bits per heavy atom. The third-order valence-electron chi connectivity index (χ3n) is 4.38. The van der Waals surface area contributed by atoms with Crippen LogP contribution in [0.5, 0.6) is 0 Å². The highest BCUT2D eigenvalue weighted by molar-refractivity contribution is 5.90. The Hall–Kier alpha value is -2.22. The summed E-state index contributed by atoms with van der Waals surface area (Å²) in [6, 6.07) is 2.92. The summed E-state index contributed by atoms with van der Waals surface area (Å²) >= 11 is 0. The number of halogens is 2. The van der Waals surface area contributed by atoms with Gasteiger partial charge in [-0.05, 0) is 12.1 Å². The molecule has 2 fully saturated rings. The number of carbonyl (C=O) groups is 2. The van der Waals surface area contributed by atoms with Crippen molar-refractivity contribution in [3.8, 4) is 0 Å². The minimum absolute atomic E-state index is 0.160. The van der Waals surface area contributed by atoms with Crippen molar-refractivity contribution in [1.29, 1.82) is 0 Å². The van der Waals surface area contributed by atoms with Crippen LogP contribution in [-0.2, 0) is 14.3 Å². The highest BCUT2D eigenvalue weighted by atomic mass is 19.1. The lowest BCUT2D eigenvalue weighted by Crippen LogP contribution is -2.46. The van der Waals surface area contributed by atoms with Crippen molar-refractivity contribution >= 4 is 17.7 Å². The number of hydrogen-bond acceptors (Lipinski definition) is 5. The average Bonchev–Trinajstić information content (AvgIpc) is 2.91. The molecule has 0 aliphatic carbocycles. The number of ether oxygens (including phenoxy) is 2. The SMILES string of the molecule is O=C(CCN1CCC2(CC1)COC(=O)O2)Nc1cc(F)ccc1F. The molecule has 130 valence electrons. The van der Waals surface area contributed by atoms with Crippen molar-refractivity contribution < 1.29 is 27.8 Å². The van der Waals surface area contributed by atoms with E-state index < -0.39 is 23.4 Å².